The Kier molecular flexibility index (Phi) is 8.72. The van der Waals surface area contributed by atoms with Crippen molar-refractivity contribution in [3.8, 4) is 0 Å². The summed E-state index contributed by atoms with van der Waals surface area (Å²) in [6.45, 7) is 8.68. The second-order valence-electron chi connectivity index (χ2n) is 6.06. The van der Waals surface area contributed by atoms with Gasteiger partial charge in [-0.3, -0.25) is 0 Å². The third-order valence-corrected chi connectivity index (χ3v) is 4.50. The van der Waals surface area contributed by atoms with Crippen molar-refractivity contribution in [3.63, 3.8) is 0 Å². The first-order valence-corrected chi connectivity index (χ1v) is 8.66. The van der Waals surface area contributed by atoms with Crippen LogP contribution >= 0.6 is 0 Å². The first-order valence-electron chi connectivity index (χ1n) is 8.66. The smallest absolute Gasteiger partial charge is 0.0834 e. The van der Waals surface area contributed by atoms with E-state index in [9.17, 15) is 0 Å². The highest BCUT2D eigenvalue weighted by Crippen LogP contribution is 2.36. The van der Waals surface area contributed by atoms with Crippen LogP contribution in [-0.2, 0) is 4.74 Å². The normalized spacial score (nSPS) is 20.4. The number of ether oxygens (including phenoxy) is 1. The minimum atomic E-state index is 0.135. The van der Waals surface area contributed by atoms with Crippen molar-refractivity contribution in [2.45, 2.75) is 96.6 Å². The molecule has 0 radical (unpaired) electrons. The third kappa shape index (κ3) is 5.43. The van der Waals surface area contributed by atoms with Gasteiger partial charge < -0.3 is 10.1 Å². The van der Waals surface area contributed by atoms with Crippen LogP contribution in [0.1, 0.15) is 85.0 Å². The SMILES string of the molecule is CCCCCC(NCCC)C1(OCC)CCCCC1. The van der Waals surface area contributed by atoms with E-state index >= 15 is 0 Å². The van der Waals surface area contributed by atoms with Gasteiger partial charge in [-0.05, 0) is 39.2 Å². The topological polar surface area (TPSA) is 21.3 Å². The van der Waals surface area contributed by atoms with Crippen LogP contribution in [0.2, 0.25) is 0 Å². The number of hydrogen-bond acceptors (Lipinski definition) is 2. The fourth-order valence-corrected chi connectivity index (χ4v) is 3.50. The predicted molar refractivity (Wildman–Crippen MR) is 83.7 cm³/mol. The molecule has 0 bridgehead atoms. The summed E-state index contributed by atoms with van der Waals surface area (Å²) in [5.41, 5.74) is 0.135. The van der Waals surface area contributed by atoms with Crippen LogP contribution in [-0.4, -0.2) is 24.8 Å². The molecule has 0 aromatic rings. The molecule has 1 fully saturated rings. The first-order chi connectivity index (χ1) is 9.29. The molecular formula is C17H35NO. The molecule has 0 heterocycles. The molecule has 1 saturated carbocycles. The van der Waals surface area contributed by atoms with Crippen LogP contribution in [0.4, 0.5) is 0 Å². The van der Waals surface area contributed by atoms with Gasteiger partial charge in [0.15, 0.2) is 0 Å². The maximum atomic E-state index is 6.30. The number of rotatable bonds is 10. The summed E-state index contributed by atoms with van der Waals surface area (Å²) >= 11 is 0. The minimum Gasteiger partial charge on any atom is -0.374 e. The van der Waals surface area contributed by atoms with Gasteiger partial charge in [0.05, 0.1) is 5.60 Å². The fourth-order valence-electron chi connectivity index (χ4n) is 3.50. The van der Waals surface area contributed by atoms with Crippen molar-refractivity contribution >= 4 is 0 Å². The highest BCUT2D eigenvalue weighted by molar-refractivity contribution is 4.95. The average molecular weight is 269 g/mol. The largest absolute Gasteiger partial charge is 0.374 e. The van der Waals surface area contributed by atoms with E-state index in [1.807, 2.05) is 0 Å². The molecule has 1 aliphatic carbocycles. The Labute approximate surface area is 120 Å². The molecule has 0 aromatic carbocycles. The Balaban J connectivity index is 2.64. The standard InChI is InChI=1S/C17H35NO/c1-4-7-9-12-16(18-15-5-2)17(19-6-3)13-10-8-11-14-17/h16,18H,4-15H2,1-3H3. The summed E-state index contributed by atoms with van der Waals surface area (Å²) in [5, 5.41) is 3.80. The molecule has 0 spiro atoms. The fraction of sp³-hybridized carbons (Fsp3) is 1.00. The van der Waals surface area contributed by atoms with Gasteiger partial charge in [-0.25, -0.2) is 0 Å². The predicted octanol–water partition coefficient (Wildman–Crippen LogP) is 4.67. The lowest BCUT2D eigenvalue weighted by Crippen LogP contribution is -2.54. The second-order valence-corrected chi connectivity index (χ2v) is 6.06. The van der Waals surface area contributed by atoms with Gasteiger partial charge >= 0.3 is 0 Å². The molecule has 1 rings (SSSR count). The highest BCUT2D eigenvalue weighted by atomic mass is 16.5. The third-order valence-electron chi connectivity index (χ3n) is 4.50. The number of hydrogen-bond donors (Lipinski definition) is 1. The summed E-state index contributed by atoms with van der Waals surface area (Å²) in [7, 11) is 0. The second kappa shape index (κ2) is 9.77. The zero-order valence-electron chi connectivity index (χ0n) is 13.5. The van der Waals surface area contributed by atoms with Crippen LogP contribution in [0, 0.1) is 0 Å². The quantitative estimate of drug-likeness (QED) is 0.582. The number of unbranched alkanes of at least 4 members (excludes halogenated alkanes) is 2. The van der Waals surface area contributed by atoms with E-state index in [-0.39, 0.29) is 5.60 Å². The van der Waals surface area contributed by atoms with Crippen molar-refractivity contribution in [1.29, 1.82) is 0 Å². The molecule has 0 saturated heterocycles. The molecule has 0 amide bonds. The van der Waals surface area contributed by atoms with E-state index in [0.29, 0.717) is 6.04 Å². The van der Waals surface area contributed by atoms with Crippen LogP contribution in [0.3, 0.4) is 0 Å². The lowest BCUT2D eigenvalue weighted by molar-refractivity contribution is -0.0918. The summed E-state index contributed by atoms with van der Waals surface area (Å²) < 4.78 is 6.30. The van der Waals surface area contributed by atoms with Crippen LogP contribution < -0.4 is 5.32 Å². The van der Waals surface area contributed by atoms with Gasteiger partial charge in [-0.15, -0.1) is 0 Å². The van der Waals surface area contributed by atoms with Crippen LogP contribution in [0.25, 0.3) is 0 Å². The van der Waals surface area contributed by atoms with Gasteiger partial charge in [0.1, 0.15) is 0 Å². The van der Waals surface area contributed by atoms with E-state index in [4.69, 9.17) is 4.74 Å². The Morgan fingerprint density at radius 1 is 1.00 bits per heavy atom. The van der Waals surface area contributed by atoms with Gasteiger partial charge in [-0.1, -0.05) is 52.4 Å². The highest BCUT2D eigenvalue weighted by Gasteiger charge is 2.39. The van der Waals surface area contributed by atoms with Gasteiger partial charge in [0, 0.05) is 12.6 Å². The molecule has 1 atom stereocenters. The molecule has 1 N–H and O–H groups in total. The number of nitrogens with one attached hydrogen (secondary N) is 1. The summed E-state index contributed by atoms with van der Waals surface area (Å²) in [6.07, 6.45) is 13.1. The van der Waals surface area contributed by atoms with Crippen LogP contribution in [0.5, 0.6) is 0 Å². The maximum Gasteiger partial charge on any atom is 0.0834 e. The Hall–Kier alpha value is -0.0800. The molecular weight excluding hydrogens is 234 g/mol. The van der Waals surface area contributed by atoms with Gasteiger partial charge in [-0.2, -0.15) is 0 Å². The Morgan fingerprint density at radius 3 is 2.32 bits per heavy atom. The van der Waals surface area contributed by atoms with Gasteiger partial charge in [0.2, 0.25) is 0 Å². The Morgan fingerprint density at radius 2 is 1.74 bits per heavy atom. The minimum absolute atomic E-state index is 0.135. The van der Waals surface area contributed by atoms with E-state index in [1.54, 1.807) is 0 Å². The molecule has 1 unspecified atom stereocenters. The lowest BCUT2D eigenvalue weighted by Gasteiger charge is -2.44. The van der Waals surface area contributed by atoms with E-state index in [2.05, 4.69) is 26.1 Å². The molecule has 0 aliphatic heterocycles. The Bertz CT molecular complexity index is 206. The molecule has 114 valence electrons. The van der Waals surface area contributed by atoms with Crippen molar-refractivity contribution in [2.24, 2.45) is 0 Å². The van der Waals surface area contributed by atoms with Crippen molar-refractivity contribution in [2.75, 3.05) is 13.2 Å². The van der Waals surface area contributed by atoms with Crippen LogP contribution in [0.15, 0.2) is 0 Å². The maximum absolute atomic E-state index is 6.30. The molecule has 2 heteroatoms. The zero-order chi connectivity index (χ0) is 14.0. The van der Waals surface area contributed by atoms with Crippen molar-refractivity contribution in [1.82, 2.24) is 5.32 Å². The molecule has 2 nitrogen and oxygen atoms in total. The molecule has 0 aromatic heterocycles. The summed E-state index contributed by atoms with van der Waals surface area (Å²) in [4.78, 5) is 0. The molecule has 1 aliphatic rings. The zero-order valence-corrected chi connectivity index (χ0v) is 13.5. The first kappa shape index (κ1) is 17.0. The monoisotopic (exact) mass is 269 g/mol. The van der Waals surface area contributed by atoms with E-state index < -0.39 is 0 Å². The van der Waals surface area contributed by atoms with Gasteiger partial charge in [0.25, 0.3) is 0 Å². The molecule has 19 heavy (non-hydrogen) atoms. The van der Waals surface area contributed by atoms with E-state index in [0.717, 1.165) is 13.2 Å². The average Bonchev–Trinajstić information content (AvgIpc) is 2.44. The summed E-state index contributed by atoms with van der Waals surface area (Å²) in [5.74, 6) is 0. The lowest BCUT2D eigenvalue weighted by atomic mass is 9.77. The van der Waals surface area contributed by atoms with E-state index in [1.165, 1.54) is 64.2 Å². The van der Waals surface area contributed by atoms with Crippen molar-refractivity contribution < 1.29 is 4.74 Å². The summed E-state index contributed by atoms with van der Waals surface area (Å²) in [6, 6.07) is 0.569. The van der Waals surface area contributed by atoms with Crippen molar-refractivity contribution in [3.05, 3.63) is 0 Å².